The summed E-state index contributed by atoms with van der Waals surface area (Å²) in [7, 11) is 0. The highest BCUT2D eigenvalue weighted by molar-refractivity contribution is 7.59. The van der Waals surface area contributed by atoms with Gasteiger partial charge >= 0.3 is 0 Å². The molecule has 0 aromatic carbocycles. The minimum absolute atomic E-state index is 0. The van der Waals surface area contributed by atoms with E-state index < -0.39 is 0 Å². The molecule has 1 heterocycles. The molecule has 0 aliphatic carbocycles. The minimum atomic E-state index is 0. The largest absolute Gasteiger partial charge is 0.262 e. The molecule has 2 heteroatoms. The Morgan fingerprint density at radius 2 is 2.12 bits per heavy atom. The van der Waals surface area contributed by atoms with Gasteiger partial charge in [0.05, 0.1) is 0 Å². The van der Waals surface area contributed by atoms with Crippen molar-refractivity contribution in [1.82, 2.24) is 4.98 Å². The van der Waals surface area contributed by atoms with Crippen LogP contribution in [0.3, 0.4) is 0 Å². The number of aromatic nitrogens is 1. The molecule has 0 aliphatic heterocycles. The monoisotopic (exact) mass is 125 g/mol. The van der Waals surface area contributed by atoms with Crippen molar-refractivity contribution >= 4 is 13.5 Å². The molecule has 0 spiro atoms. The van der Waals surface area contributed by atoms with Crippen LogP contribution in [0.4, 0.5) is 0 Å². The van der Waals surface area contributed by atoms with E-state index in [-0.39, 0.29) is 13.5 Å². The Labute approximate surface area is 56.2 Å². The average Bonchev–Trinajstić information content (AvgIpc) is 1.69. The lowest BCUT2D eigenvalue weighted by atomic mass is 10.4. The summed E-state index contributed by atoms with van der Waals surface area (Å²) in [4.78, 5) is 3.98. The Hall–Kier alpha value is -0.500. The second-order valence-electron chi connectivity index (χ2n) is 1.47. The molecule has 0 amide bonds. The summed E-state index contributed by atoms with van der Waals surface area (Å²) in [5, 5.41) is 0. The summed E-state index contributed by atoms with van der Waals surface area (Å²) in [6.07, 6.45) is 1.79. The van der Waals surface area contributed by atoms with Crippen LogP contribution in [0.15, 0.2) is 24.4 Å². The summed E-state index contributed by atoms with van der Waals surface area (Å²) in [6.45, 7) is 1.97. The minimum Gasteiger partial charge on any atom is -0.262 e. The molecule has 1 nitrogen and oxygen atoms in total. The van der Waals surface area contributed by atoms with E-state index in [1.807, 2.05) is 25.1 Å². The van der Waals surface area contributed by atoms with Crippen molar-refractivity contribution in [1.29, 1.82) is 0 Å². The van der Waals surface area contributed by atoms with E-state index in [9.17, 15) is 0 Å². The summed E-state index contributed by atoms with van der Waals surface area (Å²) < 4.78 is 0. The van der Waals surface area contributed by atoms with Crippen molar-refractivity contribution < 1.29 is 0 Å². The van der Waals surface area contributed by atoms with Gasteiger partial charge in [0.2, 0.25) is 0 Å². The third kappa shape index (κ3) is 1.98. The van der Waals surface area contributed by atoms with Crippen molar-refractivity contribution in [2.75, 3.05) is 0 Å². The van der Waals surface area contributed by atoms with E-state index in [0.29, 0.717) is 0 Å². The first-order valence-electron chi connectivity index (χ1n) is 2.27. The lowest BCUT2D eigenvalue weighted by molar-refractivity contribution is 1.20. The quantitative estimate of drug-likeness (QED) is 0.517. The molecule has 0 saturated heterocycles. The van der Waals surface area contributed by atoms with Gasteiger partial charge in [0.15, 0.2) is 0 Å². The molecule has 2 radical (unpaired) electrons. The number of hydrogen-bond donors (Lipinski definition) is 0. The second-order valence-corrected chi connectivity index (χ2v) is 1.47. The molecule has 0 saturated carbocycles. The highest BCUT2D eigenvalue weighted by Gasteiger charge is 1.73. The van der Waals surface area contributed by atoms with E-state index >= 15 is 0 Å². The predicted molar refractivity (Wildman–Crippen MR) is 36.6 cm³/mol. The Morgan fingerprint density at radius 1 is 1.38 bits per heavy atom. The van der Waals surface area contributed by atoms with Gasteiger partial charge in [0.1, 0.15) is 0 Å². The Balaban J connectivity index is 0.000000490. The topological polar surface area (TPSA) is 12.9 Å². The maximum absolute atomic E-state index is 3.98. The van der Waals surface area contributed by atoms with E-state index in [0.717, 1.165) is 5.69 Å². The van der Waals surface area contributed by atoms with Crippen molar-refractivity contribution in [3.05, 3.63) is 30.1 Å². The van der Waals surface area contributed by atoms with Crippen LogP contribution in [0.2, 0.25) is 0 Å². The molecule has 0 N–H and O–H groups in total. The Bertz CT molecular complexity index is 138. The maximum atomic E-state index is 3.98. The standard InChI is InChI=1S/C6H7N.S/c1-6-4-2-3-5-7-6;/h2-5H,1H3;. The van der Waals surface area contributed by atoms with E-state index in [1.54, 1.807) is 6.20 Å². The van der Waals surface area contributed by atoms with Gasteiger partial charge in [-0.2, -0.15) is 0 Å². The lowest BCUT2D eigenvalue weighted by Gasteiger charge is -1.82. The Kier molecular flexibility index (Phi) is 3.28. The lowest BCUT2D eigenvalue weighted by Crippen LogP contribution is -1.72. The first-order chi connectivity index (χ1) is 3.39. The smallest absolute Gasteiger partial charge is 0.0372 e. The van der Waals surface area contributed by atoms with Gasteiger partial charge in [-0.1, -0.05) is 6.07 Å². The van der Waals surface area contributed by atoms with E-state index in [2.05, 4.69) is 4.98 Å². The first kappa shape index (κ1) is 7.50. The van der Waals surface area contributed by atoms with Gasteiger partial charge in [0.25, 0.3) is 0 Å². The molecule has 42 valence electrons. The first-order valence-corrected chi connectivity index (χ1v) is 2.27. The zero-order valence-corrected chi connectivity index (χ0v) is 5.48. The van der Waals surface area contributed by atoms with Crippen molar-refractivity contribution in [3.8, 4) is 0 Å². The molecule has 8 heavy (non-hydrogen) atoms. The van der Waals surface area contributed by atoms with Crippen LogP contribution in [0.5, 0.6) is 0 Å². The van der Waals surface area contributed by atoms with Gasteiger partial charge in [-0.05, 0) is 19.1 Å². The second kappa shape index (κ2) is 3.50. The fourth-order valence-corrected chi connectivity index (χ4v) is 0.448. The molecule has 0 fully saturated rings. The van der Waals surface area contributed by atoms with Crippen LogP contribution in [0, 0.1) is 6.92 Å². The van der Waals surface area contributed by atoms with Gasteiger partial charge in [0, 0.05) is 25.4 Å². The van der Waals surface area contributed by atoms with Gasteiger partial charge in [-0.15, -0.1) is 0 Å². The molecule has 0 unspecified atom stereocenters. The van der Waals surface area contributed by atoms with Crippen molar-refractivity contribution in [2.24, 2.45) is 0 Å². The van der Waals surface area contributed by atoms with Crippen LogP contribution >= 0.6 is 13.5 Å². The molecule has 1 aromatic heterocycles. The molecule has 0 aliphatic rings. The van der Waals surface area contributed by atoms with Crippen LogP contribution in [0.1, 0.15) is 5.69 Å². The number of aryl methyl sites for hydroxylation is 1. The predicted octanol–water partition coefficient (Wildman–Crippen LogP) is 2.04. The van der Waals surface area contributed by atoms with Crippen LogP contribution in [-0.2, 0) is 0 Å². The van der Waals surface area contributed by atoms with Gasteiger partial charge in [-0.25, -0.2) is 0 Å². The zero-order chi connectivity index (χ0) is 5.11. The molecular formula is C6H7NS. The summed E-state index contributed by atoms with van der Waals surface area (Å²) in [5.41, 5.74) is 1.07. The Morgan fingerprint density at radius 3 is 2.38 bits per heavy atom. The van der Waals surface area contributed by atoms with Crippen molar-refractivity contribution in [2.45, 2.75) is 6.92 Å². The molecule has 0 atom stereocenters. The summed E-state index contributed by atoms with van der Waals surface area (Å²) >= 11 is 0. The van der Waals surface area contributed by atoms with Crippen molar-refractivity contribution in [3.63, 3.8) is 0 Å². The normalized spacial score (nSPS) is 7.62. The highest BCUT2D eigenvalue weighted by atomic mass is 32.1. The molecule has 0 bridgehead atoms. The zero-order valence-electron chi connectivity index (χ0n) is 4.66. The van der Waals surface area contributed by atoms with Gasteiger partial charge < -0.3 is 0 Å². The van der Waals surface area contributed by atoms with Crippen LogP contribution < -0.4 is 0 Å². The fraction of sp³-hybridized carbons (Fsp3) is 0.167. The van der Waals surface area contributed by atoms with E-state index in [4.69, 9.17) is 0 Å². The third-order valence-electron chi connectivity index (χ3n) is 0.813. The van der Waals surface area contributed by atoms with Gasteiger partial charge in [-0.3, -0.25) is 4.98 Å². The van der Waals surface area contributed by atoms with E-state index in [1.165, 1.54) is 0 Å². The molecule has 1 aromatic rings. The number of rotatable bonds is 0. The number of hydrogen-bond acceptors (Lipinski definition) is 1. The number of pyridine rings is 1. The SMILES string of the molecule is Cc1ccccn1.[S]. The van der Waals surface area contributed by atoms with Crippen LogP contribution in [-0.4, -0.2) is 4.98 Å². The maximum Gasteiger partial charge on any atom is 0.0372 e. The number of nitrogens with zero attached hydrogens (tertiary/aromatic N) is 1. The fourth-order valence-electron chi connectivity index (χ4n) is 0.448. The molecule has 1 rings (SSSR count). The summed E-state index contributed by atoms with van der Waals surface area (Å²) in [6, 6.07) is 5.86. The average molecular weight is 125 g/mol. The van der Waals surface area contributed by atoms with Crippen LogP contribution in [0.25, 0.3) is 0 Å². The highest BCUT2D eigenvalue weighted by Crippen LogP contribution is 1.85. The summed E-state index contributed by atoms with van der Waals surface area (Å²) in [5.74, 6) is 0. The molecular weight excluding hydrogens is 118 g/mol. The third-order valence-corrected chi connectivity index (χ3v) is 0.813.